The number of imidazole rings is 2. The molecule has 0 aliphatic heterocycles. The molecular formula is C17H19N5O2. The Morgan fingerprint density at radius 1 is 1.04 bits per heavy atom. The SMILES string of the molecule is COn1cnc(C)c1C(=O)Nc1ccc(-n2cnc(C)c2C)cc1. The van der Waals surface area contributed by atoms with Crippen molar-refractivity contribution < 1.29 is 9.63 Å². The third-order valence-corrected chi connectivity index (χ3v) is 3.99. The Kier molecular flexibility index (Phi) is 4.07. The molecule has 24 heavy (non-hydrogen) atoms. The number of aromatic nitrogens is 4. The number of carbonyl (C=O) groups excluding carboxylic acids is 1. The standard InChI is InChI=1S/C17H19N5O2/c1-11-13(3)21(9-18-11)15-7-5-14(6-8-15)20-17(23)16-12(2)19-10-22(16)24-4/h5-10H,1-4H3,(H,20,23). The smallest absolute Gasteiger partial charge is 0.277 e. The number of rotatable bonds is 4. The summed E-state index contributed by atoms with van der Waals surface area (Å²) in [5.74, 6) is -0.269. The fourth-order valence-electron chi connectivity index (χ4n) is 2.47. The molecule has 124 valence electrons. The summed E-state index contributed by atoms with van der Waals surface area (Å²) >= 11 is 0. The Bertz CT molecular complexity index is 877. The van der Waals surface area contributed by atoms with E-state index >= 15 is 0 Å². The molecule has 3 rings (SSSR count). The molecule has 0 bridgehead atoms. The van der Waals surface area contributed by atoms with Crippen LogP contribution in [0, 0.1) is 20.8 Å². The molecule has 7 heteroatoms. The molecule has 0 saturated heterocycles. The zero-order valence-corrected chi connectivity index (χ0v) is 14.1. The van der Waals surface area contributed by atoms with E-state index in [0.717, 1.165) is 17.1 Å². The van der Waals surface area contributed by atoms with E-state index in [1.165, 1.54) is 18.2 Å². The summed E-state index contributed by atoms with van der Waals surface area (Å²) in [6.45, 7) is 5.76. The van der Waals surface area contributed by atoms with Gasteiger partial charge in [0.05, 0.1) is 17.7 Å². The summed E-state index contributed by atoms with van der Waals surface area (Å²) in [5, 5.41) is 2.85. The first kappa shape index (κ1) is 15.8. The minimum Gasteiger partial charge on any atom is -0.415 e. The lowest BCUT2D eigenvalue weighted by molar-refractivity contribution is 0.0963. The van der Waals surface area contributed by atoms with Gasteiger partial charge in [0.2, 0.25) is 0 Å². The normalized spacial score (nSPS) is 10.7. The highest BCUT2D eigenvalue weighted by Gasteiger charge is 2.17. The molecule has 0 spiro atoms. The molecule has 0 saturated carbocycles. The van der Waals surface area contributed by atoms with Gasteiger partial charge in [-0.3, -0.25) is 4.79 Å². The lowest BCUT2D eigenvalue weighted by Gasteiger charge is -2.10. The van der Waals surface area contributed by atoms with Crippen molar-refractivity contribution in [3.05, 3.63) is 59.7 Å². The van der Waals surface area contributed by atoms with Gasteiger partial charge < -0.3 is 14.7 Å². The van der Waals surface area contributed by atoms with Crippen LogP contribution in [0.4, 0.5) is 5.69 Å². The van der Waals surface area contributed by atoms with Gasteiger partial charge in [0.25, 0.3) is 5.91 Å². The van der Waals surface area contributed by atoms with Crippen molar-refractivity contribution in [1.82, 2.24) is 19.3 Å². The zero-order valence-electron chi connectivity index (χ0n) is 14.1. The van der Waals surface area contributed by atoms with E-state index in [1.54, 1.807) is 13.3 Å². The zero-order chi connectivity index (χ0) is 17.3. The predicted molar refractivity (Wildman–Crippen MR) is 90.5 cm³/mol. The number of carbonyl (C=O) groups is 1. The number of nitrogens with one attached hydrogen (secondary N) is 1. The van der Waals surface area contributed by atoms with Crippen LogP contribution in [-0.2, 0) is 0 Å². The van der Waals surface area contributed by atoms with Crippen molar-refractivity contribution in [3.8, 4) is 5.69 Å². The van der Waals surface area contributed by atoms with Crippen molar-refractivity contribution in [3.63, 3.8) is 0 Å². The van der Waals surface area contributed by atoms with Crippen molar-refractivity contribution in [1.29, 1.82) is 0 Å². The van der Waals surface area contributed by atoms with Crippen molar-refractivity contribution in [2.75, 3.05) is 12.4 Å². The maximum absolute atomic E-state index is 12.4. The first-order chi connectivity index (χ1) is 11.5. The molecule has 0 fully saturated rings. The number of hydrogen-bond donors (Lipinski definition) is 1. The molecule has 2 heterocycles. The van der Waals surface area contributed by atoms with Gasteiger partial charge in [0.1, 0.15) is 13.4 Å². The highest BCUT2D eigenvalue weighted by atomic mass is 16.6. The van der Waals surface area contributed by atoms with Gasteiger partial charge in [-0.15, -0.1) is 0 Å². The van der Waals surface area contributed by atoms with Gasteiger partial charge in [-0.05, 0) is 45.0 Å². The van der Waals surface area contributed by atoms with E-state index in [4.69, 9.17) is 4.84 Å². The minimum absolute atomic E-state index is 0.269. The molecule has 1 amide bonds. The molecule has 0 atom stereocenters. The third-order valence-electron chi connectivity index (χ3n) is 3.99. The van der Waals surface area contributed by atoms with Gasteiger partial charge >= 0.3 is 0 Å². The second kappa shape index (κ2) is 6.19. The van der Waals surface area contributed by atoms with Gasteiger partial charge in [-0.1, -0.05) is 0 Å². The lowest BCUT2D eigenvalue weighted by atomic mass is 10.2. The molecule has 1 aromatic carbocycles. The molecule has 1 N–H and O–H groups in total. The fraction of sp³-hybridized carbons (Fsp3) is 0.235. The Morgan fingerprint density at radius 2 is 1.71 bits per heavy atom. The second-order valence-electron chi connectivity index (χ2n) is 5.47. The first-order valence-electron chi connectivity index (χ1n) is 7.52. The third kappa shape index (κ3) is 2.76. The summed E-state index contributed by atoms with van der Waals surface area (Å²) in [6.07, 6.45) is 3.26. The monoisotopic (exact) mass is 325 g/mol. The van der Waals surface area contributed by atoms with Crippen LogP contribution < -0.4 is 10.2 Å². The van der Waals surface area contributed by atoms with E-state index in [1.807, 2.05) is 42.7 Å². The summed E-state index contributed by atoms with van der Waals surface area (Å²) in [6, 6.07) is 7.57. The van der Waals surface area contributed by atoms with E-state index in [0.29, 0.717) is 17.1 Å². The molecule has 7 nitrogen and oxygen atoms in total. The highest BCUT2D eigenvalue weighted by molar-refractivity contribution is 6.03. The average molecular weight is 325 g/mol. The Morgan fingerprint density at radius 3 is 2.29 bits per heavy atom. The maximum Gasteiger partial charge on any atom is 0.277 e. The summed E-state index contributed by atoms with van der Waals surface area (Å²) in [7, 11) is 1.49. The topological polar surface area (TPSA) is 74.0 Å². The van der Waals surface area contributed by atoms with Crippen LogP contribution in [-0.4, -0.2) is 32.3 Å². The van der Waals surface area contributed by atoms with E-state index in [9.17, 15) is 4.79 Å². The van der Waals surface area contributed by atoms with Crippen LogP contribution in [0.25, 0.3) is 5.69 Å². The molecule has 2 aromatic heterocycles. The van der Waals surface area contributed by atoms with Gasteiger partial charge in [-0.25, -0.2) is 9.97 Å². The number of benzene rings is 1. The molecule has 3 aromatic rings. The van der Waals surface area contributed by atoms with Gasteiger partial charge in [0, 0.05) is 17.1 Å². The second-order valence-corrected chi connectivity index (χ2v) is 5.47. The maximum atomic E-state index is 12.4. The summed E-state index contributed by atoms with van der Waals surface area (Å²) < 4.78 is 3.35. The van der Waals surface area contributed by atoms with Crippen molar-refractivity contribution in [2.45, 2.75) is 20.8 Å². The van der Waals surface area contributed by atoms with Crippen LogP contribution >= 0.6 is 0 Å². The summed E-state index contributed by atoms with van der Waals surface area (Å²) in [5.41, 5.74) is 4.76. The largest absolute Gasteiger partial charge is 0.415 e. The Balaban J connectivity index is 1.80. The van der Waals surface area contributed by atoms with Crippen LogP contribution in [0.3, 0.4) is 0 Å². The van der Waals surface area contributed by atoms with Crippen molar-refractivity contribution >= 4 is 11.6 Å². The fourth-order valence-corrected chi connectivity index (χ4v) is 2.47. The highest BCUT2D eigenvalue weighted by Crippen LogP contribution is 2.17. The first-order valence-corrected chi connectivity index (χ1v) is 7.52. The minimum atomic E-state index is -0.269. The number of anilines is 1. The number of amides is 1. The van der Waals surface area contributed by atoms with Crippen molar-refractivity contribution in [2.24, 2.45) is 0 Å². The quantitative estimate of drug-likeness (QED) is 0.799. The Labute approximate surface area is 139 Å². The van der Waals surface area contributed by atoms with Crippen LogP contribution in [0.2, 0.25) is 0 Å². The van der Waals surface area contributed by atoms with Crippen LogP contribution in [0.15, 0.2) is 36.9 Å². The number of hydrogen-bond acceptors (Lipinski definition) is 4. The van der Waals surface area contributed by atoms with Gasteiger partial charge in [0.15, 0.2) is 5.69 Å². The predicted octanol–water partition coefficient (Wildman–Crippen LogP) is 2.30. The van der Waals surface area contributed by atoms with E-state index in [2.05, 4.69) is 15.3 Å². The van der Waals surface area contributed by atoms with E-state index < -0.39 is 0 Å². The molecule has 0 unspecified atom stereocenters. The lowest BCUT2D eigenvalue weighted by Crippen LogP contribution is -2.20. The Hall–Kier alpha value is -3.09. The average Bonchev–Trinajstić information content (AvgIpc) is 3.11. The van der Waals surface area contributed by atoms with Gasteiger partial charge in [-0.2, -0.15) is 4.73 Å². The molecule has 0 aliphatic rings. The van der Waals surface area contributed by atoms with E-state index in [-0.39, 0.29) is 5.91 Å². The number of nitrogens with zero attached hydrogens (tertiary/aromatic N) is 4. The summed E-state index contributed by atoms with van der Waals surface area (Å²) in [4.78, 5) is 25.9. The van der Waals surface area contributed by atoms with Crippen LogP contribution in [0.5, 0.6) is 0 Å². The van der Waals surface area contributed by atoms with Crippen LogP contribution in [0.1, 0.15) is 27.6 Å². The number of aryl methyl sites for hydroxylation is 2. The molecular weight excluding hydrogens is 306 g/mol. The molecule has 0 aliphatic carbocycles. The molecule has 0 radical (unpaired) electrons.